The Hall–Kier alpha value is -1.33. The summed E-state index contributed by atoms with van der Waals surface area (Å²) in [5, 5.41) is 19.9. The average molecular weight is 308 g/mol. The molecule has 0 bridgehead atoms. The molecule has 0 aliphatic carbocycles. The minimum atomic E-state index is -0.529. The molecule has 0 spiro atoms. The molecule has 5 heteroatoms. The number of aliphatic hydroxyl groups is 1. The van der Waals surface area contributed by atoms with Crippen LogP contribution in [-0.4, -0.2) is 38.9 Å². The van der Waals surface area contributed by atoms with Gasteiger partial charge in [-0.05, 0) is 32.1 Å². The third-order valence-electron chi connectivity index (χ3n) is 4.36. The number of pyridine rings is 1. The second-order valence-electron chi connectivity index (χ2n) is 7.05. The lowest BCUT2D eigenvalue weighted by Crippen LogP contribution is -2.39. The first-order valence-electron chi connectivity index (χ1n) is 8.10. The maximum atomic E-state index is 11.9. The highest BCUT2D eigenvalue weighted by atomic mass is 16.3. The Kier molecular flexibility index (Phi) is 5.29. The van der Waals surface area contributed by atoms with Gasteiger partial charge in [0.1, 0.15) is 0 Å². The largest absolute Gasteiger partial charge is 0.503 e. The first kappa shape index (κ1) is 17.0. The molecule has 1 aliphatic rings. The van der Waals surface area contributed by atoms with Crippen molar-refractivity contribution in [2.45, 2.75) is 53.3 Å². The molecule has 0 aromatic carbocycles. The Bertz CT molecular complexity index is 570. The van der Waals surface area contributed by atoms with Crippen LogP contribution in [0.5, 0.6) is 5.75 Å². The van der Waals surface area contributed by atoms with Crippen LogP contribution in [-0.2, 0) is 13.1 Å². The molecule has 1 fully saturated rings. The van der Waals surface area contributed by atoms with Crippen LogP contribution >= 0.6 is 0 Å². The van der Waals surface area contributed by atoms with Gasteiger partial charge in [-0.2, -0.15) is 0 Å². The Morgan fingerprint density at radius 2 is 1.91 bits per heavy atom. The second-order valence-corrected chi connectivity index (χ2v) is 7.05. The zero-order valence-electron chi connectivity index (χ0n) is 14.0. The van der Waals surface area contributed by atoms with Crippen molar-refractivity contribution in [2.24, 2.45) is 11.8 Å². The summed E-state index contributed by atoms with van der Waals surface area (Å²) in [6.45, 7) is 10.9. The number of aromatic hydroxyl groups is 1. The average Bonchev–Trinajstić information content (AvgIpc) is 2.38. The zero-order valence-corrected chi connectivity index (χ0v) is 14.0. The minimum absolute atomic E-state index is 0.183. The molecule has 3 atom stereocenters. The molecule has 3 unspecified atom stereocenters. The van der Waals surface area contributed by atoms with Gasteiger partial charge in [-0.25, -0.2) is 0 Å². The predicted molar refractivity (Wildman–Crippen MR) is 87.0 cm³/mol. The van der Waals surface area contributed by atoms with Gasteiger partial charge in [0, 0.05) is 37.9 Å². The Balaban J connectivity index is 2.34. The van der Waals surface area contributed by atoms with Crippen LogP contribution in [0.2, 0.25) is 0 Å². The summed E-state index contributed by atoms with van der Waals surface area (Å²) in [6, 6.07) is 1.43. The number of hydrogen-bond acceptors (Lipinski definition) is 4. The van der Waals surface area contributed by atoms with E-state index in [-0.39, 0.29) is 11.2 Å². The first-order valence-corrected chi connectivity index (χ1v) is 8.10. The summed E-state index contributed by atoms with van der Waals surface area (Å²) < 4.78 is 1.87. The molecule has 1 saturated heterocycles. The molecule has 22 heavy (non-hydrogen) atoms. The lowest BCUT2D eigenvalue weighted by Gasteiger charge is -2.35. The van der Waals surface area contributed by atoms with Crippen molar-refractivity contribution < 1.29 is 10.2 Å². The van der Waals surface area contributed by atoms with Crippen molar-refractivity contribution in [1.82, 2.24) is 9.47 Å². The van der Waals surface area contributed by atoms with Crippen molar-refractivity contribution in [2.75, 3.05) is 13.1 Å². The molecule has 2 N–H and O–H groups in total. The summed E-state index contributed by atoms with van der Waals surface area (Å²) in [5.74, 6) is 1.05. The number of aliphatic hydroxyl groups excluding tert-OH is 1. The molecule has 0 amide bonds. The molecular weight excluding hydrogens is 280 g/mol. The molecule has 5 nitrogen and oxygen atoms in total. The number of piperidine rings is 1. The topological polar surface area (TPSA) is 65.7 Å². The molecule has 1 aliphatic heterocycles. The first-order chi connectivity index (χ1) is 10.3. The van der Waals surface area contributed by atoms with E-state index in [4.69, 9.17) is 0 Å². The quantitative estimate of drug-likeness (QED) is 0.889. The van der Waals surface area contributed by atoms with Crippen molar-refractivity contribution in [3.63, 3.8) is 0 Å². The number of hydrogen-bond donors (Lipinski definition) is 2. The van der Waals surface area contributed by atoms with Crippen molar-refractivity contribution in [1.29, 1.82) is 0 Å². The maximum Gasteiger partial charge on any atom is 0.223 e. The molecule has 1 aromatic rings. The van der Waals surface area contributed by atoms with E-state index in [1.54, 1.807) is 6.92 Å². The van der Waals surface area contributed by atoms with Gasteiger partial charge in [-0.1, -0.05) is 13.8 Å². The van der Waals surface area contributed by atoms with E-state index in [1.165, 1.54) is 12.5 Å². The summed E-state index contributed by atoms with van der Waals surface area (Å²) in [5.41, 5.74) is 1.05. The van der Waals surface area contributed by atoms with E-state index in [0.29, 0.717) is 30.6 Å². The van der Waals surface area contributed by atoms with E-state index >= 15 is 0 Å². The monoisotopic (exact) mass is 308 g/mol. The van der Waals surface area contributed by atoms with E-state index < -0.39 is 6.10 Å². The fourth-order valence-electron chi connectivity index (χ4n) is 3.63. The van der Waals surface area contributed by atoms with Gasteiger partial charge in [0.05, 0.1) is 11.8 Å². The van der Waals surface area contributed by atoms with Gasteiger partial charge in [-0.3, -0.25) is 9.69 Å². The van der Waals surface area contributed by atoms with Gasteiger partial charge in [0.2, 0.25) is 5.43 Å². The van der Waals surface area contributed by atoms with Gasteiger partial charge in [0.15, 0.2) is 5.75 Å². The third kappa shape index (κ3) is 3.90. The summed E-state index contributed by atoms with van der Waals surface area (Å²) >= 11 is 0. The van der Waals surface area contributed by atoms with Gasteiger partial charge < -0.3 is 14.8 Å². The summed E-state index contributed by atoms with van der Waals surface area (Å²) in [4.78, 5) is 14.2. The number of nitrogens with zero attached hydrogens (tertiary/aromatic N) is 2. The molecule has 2 heterocycles. The Morgan fingerprint density at radius 3 is 2.45 bits per heavy atom. The predicted octanol–water partition coefficient (Wildman–Crippen LogP) is 1.72. The van der Waals surface area contributed by atoms with E-state index in [1.807, 2.05) is 11.5 Å². The molecule has 1 aromatic heterocycles. The van der Waals surface area contributed by atoms with E-state index in [9.17, 15) is 15.0 Å². The van der Waals surface area contributed by atoms with Crippen LogP contribution in [0.3, 0.4) is 0 Å². The third-order valence-corrected chi connectivity index (χ3v) is 4.36. The SMILES string of the molecule is Cc1cc(=O)c(O)c(CN2CC(C)CC(C)C2)n1CC(C)O. The fraction of sp³-hybridized carbons (Fsp3) is 0.706. The lowest BCUT2D eigenvalue weighted by atomic mass is 9.92. The highest BCUT2D eigenvalue weighted by Gasteiger charge is 2.24. The zero-order chi connectivity index (χ0) is 16.4. The normalized spacial score (nSPS) is 24.4. The molecule has 0 radical (unpaired) electrons. The van der Waals surface area contributed by atoms with Crippen molar-refractivity contribution in [3.05, 3.63) is 27.7 Å². The molecule has 2 rings (SSSR count). The Morgan fingerprint density at radius 1 is 1.32 bits per heavy atom. The second kappa shape index (κ2) is 6.84. The molecular formula is C17H28N2O3. The number of rotatable bonds is 4. The number of likely N-dealkylation sites (tertiary alicyclic amines) is 1. The lowest BCUT2D eigenvalue weighted by molar-refractivity contribution is 0.126. The minimum Gasteiger partial charge on any atom is -0.503 e. The fourth-order valence-corrected chi connectivity index (χ4v) is 3.63. The summed E-state index contributed by atoms with van der Waals surface area (Å²) in [6.07, 6.45) is 0.690. The van der Waals surface area contributed by atoms with E-state index in [2.05, 4.69) is 18.7 Å². The Labute approximate surface area is 132 Å². The number of aromatic nitrogens is 1. The van der Waals surface area contributed by atoms with Crippen LogP contribution in [0, 0.1) is 18.8 Å². The summed E-state index contributed by atoms with van der Waals surface area (Å²) in [7, 11) is 0. The van der Waals surface area contributed by atoms with Gasteiger partial charge in [-0.15, -0.1) is 0 Å². The highest BCUT2D eigenvalue weighted by molar-refractivity contribution is 5.30. The molecule has 0 saturated carbocycles. The number of aryl methyl sites for hydroxylation is 1. The van der Waals surface area contributed by atoms with Crippen LogP contribution < -0.4 is 5.43 Å². The van der Waals surface area contributed by atoms with Crippen LogP contribution in [0.15, 0.2) is 10.9 Å². The standard InChI is InChI=1S/C17H28N2O3/c1-11-5-12(2)8-18(7-11)10-15-17(22)16(21)6-13(3)19(15)9-14(4)20/h6,11-12,14,20,22H,5,7-10H2,1-4H3. The van der Waals surface area contributed by atoms with Gasteiger partial charge in [0.25, 0.3) is 0 Å². The van der Waals surface area contributed by atoms with E-state index in [0.717, 1.165) is 18.8 Å². The van der Waals surface area contributed by atoms with Gasteiger partial charge >= 0.3 is 0 Å². The van der Waals surface area contributed by atoms with Crippen molar-refractivity contribution in [3.8, 4) is 5.75 Å². The smallest absolute Gasteiger partial charge is 0.223 e. The highest BCUT2D eigenvalue weighted by Crippen LogP contribution is 2.24. The van der Waals surface area contributed by atoms with Crippen LogP contribution in [0.25, 0.3) is 0 Å². The maximum absolute atomic E-state index is 11.9. The van der Waals surface area contributed by atoms with Crippen LogP contribution in [0.4, 0.5) is 0 Å². The van der Waals surface area contributed by atoms with Crippen LogP contribution in [0.1, 0.15) is 38.6 Å². The van der Waals surface area contributed by atoms with Crippen molar-refractivity contribution >= 4 is 0 Å². The molecule has 124 valence electrons.